The molecule has 44 heavy (non-hydrogen) atoms. The zero-order valence-corrected chi connectivity index (χ0v) is 24.9. The predicted octanol–water partition coefficient (Wildman–Crippen LogP) is 6.23. The van der Waals surface area contributed by atoms with E-state index in [0.29, 0.717) is 24.2 Å². The number of phenolic OH excluding ortho intramolecular Hbond substituents is 1. The highest BCUT2D eigenvalue weighted by Gasteiger charge is 2.59. The van der Waals surface area contributed by atoms with Crippen LogP contribution in [0, 0.1) is 17.8 Å². The van der Waals surface area contributed by atoms with Gasteiger partial charge in [0.1, 0.15) is 5.75 Å². The lowest BCUT2D eigenvalue weighted by molar-refractivity contribution is -0.137. The summed E-state index contributed by atoms with van der Waals surface area (Å²) in [6, 6.07) is 21.4. The molecule has 2 heterocycles. The number of phenols is 1. The number of carbonyl (C=O) groups excluding carboxylic acids is 3. The number of ether oxygens (including phenoxy) is 1. The van der Waals surface area contributed by atoms with E-state index >= 15 is 0 Å². The second-order valence-electron chi connectivity index (χ2n) is 11.8. The van der Waals surface area contributed by atoms with Gasteiger partial charge in [0.2, 0.25) is 11.8 Å². The van der Waals surface area contributed by atoms with Crippen molar-refractivity contribution in [2.24, 2.45) is 17.8 Å². The third-order valence-electron chi connectivity index (χ3n) is 9.30. The summed E-state index contributed by atoms with van der Waals surface area (Å²) in [5.74, 6) is -2.63. The van der Waals surface area contributed by atoms with Crippen molar-refractivity contribution < 1.29 is 33.9 Å². The first-order valence-electron chi connectivity index (χ1n) is 15.3. The molecule has 2 saturated heterocycles. The molecule has 0 bridgehead atoms. The molecule has 1 aliphatic carbocycles. The van der Waals surface area contributed by atoms with E-state index in [1.54, 1.807) is 6.07 Å². The van der Waals surface area contributed by atoms with Crippen LogP contribution in [0.5, 0.6) is 5.75 Å². The lowest BCUT2D eigenvalue weighted by atomic mass is 9.58. The third kappa shape index (κ3) is 5.35. The first-order chi connectivity index (χ1) is 21.3. The molecule has 2 N–H and O–H groups in total. The van der Waals surface area contributed by atoms with Gasteiger partial charge in [-0.25, -0.2) is 4.79 Å². The Morgan fingerprint density at radius 3 is 2.48 bits per heavy atom. The number of imide groups is 3. The van der Waals surface area contributed by atoms with Gasteiger partial charge in [0.25, 0.3) is 0 Å². The topological polar surface area (TPSA) is 113 Å². The van der Waals surface area contributed by atoms with Crippen molar-refractivity contribution in [2.75, 3.05) is 7.11 Å². The van der Waals surface area contributed by atoms with Crippen LogP contribution in [0.3, 0.4) is 0 Å². The normalized spacial score (nSPS) is 23.7. The van der Waals surface area contributed by atoms with E-state index in [2.05, 4.69) is 25.1 Å². The molecule has 3 aromatic rings. The molecule has 8 nitrogen and oxygen atoms in total. The van der Waals surface area contributed by atoms with E-state index in [4.69, 9.17) is 9.39 Å². The Kier molecular flexibility index (Phi) is 8.43. The molecule has 0 spiro atoms. The zero-order valence-electron chi connectivity index (χ0n) is 24.9. The summed E-state index contributed by atoms with van der Waals surface area (Å²) >= 11 is 0. The zero-order chi connectivity index (χ0) is 31.0. The summed E-state index contributed by atoms with van der Waals surface area (Å²) in [6.07, 6.45) is 4.06. The van der Waals surface area contributed by atoms with E-state index in [1.807, 2.05) is 48.5 Å². The maximum Gasteiger partial charge on any atom is 0.455 e. The van der Waals surface area contributed by atoms with E-state index < -0.39 is 48.9 Å². The molecule has 3 aromatic carbocycles. The van der Waals surface area contributed by atoms with Crippen molar-refractivity contribution in [3.8, 4) is 5.75 Å². The van der Waals surface area contributed by atoms with Crippen LogP contribution >= 0.6 is 0 Å². The van der Waals surface area contributed by atoms with Gasteiger partial charge in [-0.3, -0.25) is 9.59 Å². The number of amides is 3. The van der Waals surface area contributed by atoms with Crippen LogP contribution in [-0.2, 0) is 19.0 Å². The summed E-state index contributed by atoms with van der Waals surface area (Å²) in [4.78, 5) is 39.8. The fourth-order valence-electron chi connectivity index (χ4n) is 7.43. The highest BCUT2D eigenvalue weighted by molar-refractivity contribution is 6.43. The average molecular weight is 593 g/mol. The molecule has 6 rings (SSSR count). The minimum absolute atomic E-state index is 0.190. The summed E-state index contributed by atoms with van der Waals surface area (Å²) in [6.45, 7) is 2.07. The predicted molar refractivity (Wildman–Crippen MR) is 168 cm³/mol. The van der Waals surface area contributed by atoms with Gasteiger partial charge in [0.15, 0.2) is 0 Å². The fourth-order valence-corrected chi connectivity index (χ4v) is 7.43. The minimum Gasteiger partial charge on any atom is -0.507 e. The Hall–Kier alpha value is -4.21. The van der Waals surface area contributed by atoms with E-state index in [1.165, 1.54) is 0 Å². The SMILES string of the molecule is CCCC1=C2[C@@H](CC/C(=C/c3ccc(O)c4ccccc34)c3ccccc3)OB(O)C[C@@H]2[C@@H]2C(=O)N(C(=O)OC)C(=O)[C@@H]2C1. The molecule has 226 valence electrons. The Bertz CT molecular complexity index is 1670. The number of hydrogen-bond acceptors (Lipinski definition) is 7. The molecule has 9 heteroatoms. The monoisotopic (exact) mass is 593 g/mol. The van der Waals surface area contributed by atoms with Crippen LogP contribution in [0.1, 0.15) is 50.2 Å². The number of rotatable bonds is 7. The van der Waals surface area contributed by atoms with Gasteiger partial charge in [-0.05, 0) is 71.6 Å². The summed E-state index contributed by atoms with van der Waals surface area (Å²) in [5, 5.41) is 23.1. The highest BCUT2D eigenvalue weighted by atomic mass is 16.5. The Morgan fingerprint density at radius 1 is 1.02 bits per heavy atom. The largest absolute Gasteiger partial charge is 0.507 e. The lowest BCUT2D eigenvalue weighted by Gasteiger charge is -2.43. The third-order valence-corrected chi connectivity index (χ3v) is 9.30. The number of carbonyl (C=O) groups is 3. The van der Waals surface area contributed by atoms with E-state index in [-0.39, 0.29) is 12.1 Å². The molecule has 0 aromatic heterocycles. The minimum atomic E-state index is -1.10. The maximum atomic E-state index is 13.5. The molecule has 0 radical (unpaired) electrons. The number of fused-ring (bicyclic) bond motifs is 4. The van der Waals surface area contributed by atoms with Crippen molar-refractivity contribution in [1.29, 1.82) is 0 Å². The highest BCUT2D eigenvalue weighted by Crippen LogP contribution is 2.51. The second-order valence-corrected chi connectivity index (χ2v) is 11.8. The Morgan fingerprint density at radius 2 is 1.75 bits per heavy atom. The summed E-state index contributed by atoms with van der Waals surface area (Å²) in [5.41, 5.74) is 5.17. The fraction of sp³-hybridized carbons (Fsp3) is 0.343. The van der Waals surface area contributed by atoms with Crippen molar-refractivity contribution in [3.63, 3.8) is 0 Å². The number of benzene rings is 3. The molecule has 2 fully saturated rings. The standard InChI is InChI=1S/C35H36BNO7/c1-3-9-24-19-27-32(34(40)37(33(27)39)35(41)43-2)28-20-36(42)44-30(31(24)28)17-15-22(21-10-5-4-6-11-21)18-23-14-16-29(38)26-13-8-7-12-25(23)26/h4-8,10-14,16,18,27-28,30,32,38,42H,3,9,15,17,19-20H2,1-2H3/b22-18-/t27-,28+,30-,32-/m1/s1. The van der Waals surface area contributed by atoms with E-state index in [9.17, 15) is 24.5 Å². The molecule has 0 unspecified atom stereocenters. The van der Waals surface area contributed by atoms with Gasteiger partial charge in [-0.1, -0.05) is 85.7 Å². The van der Waals surface area contributed by atoms with Crippen LogP contribution in [0.15, 0.2) is 77.9 Å². The van der Waals surface area contributed by atoms with Gasteiger partial charge in [0, 0.05) is 5.39 Å². The molecule has 3 amide bonds. The average Bonchev–Trinajstić information content (AvgIpc) is 3.29. The number of likely N-dealkylation sites (tertiary alicyclic amines) is 1. The number of hydrogen-bond donors (Lipinski definition) is 2. The summed E-state index contributed by atoms with van der Waals surface area (Å²) < 4.78 is 11.0. The van der Waals surface area contributed by atoms with Gasteiger partial charge >= 0.3 is 13.2 Å². The molecular weight excluding hydrogens is 557 g/mol. The van der Waals surface area contributed by atoms with E-state index in [0.717, 1.165) is 58.6 Å². The van der Waals surface area contributed by atoms with Crippen LogP contribution < -0.4 is 0 Å². The Balaban J connectivity index is 1.36. The van der Waals surface area contributed by atoms with Crippen LogP contribution in [-0.4, -0.2) is 53.3 Å². The van der Waals surface area contributed by atoms with Gasteiger partial charge in [-0.2, -0.15) is 4.90 Å². The first kappa shape index (κ1) is 29.8. The number of methoxy groups -OCH3 is 1. The molecule has 0 saturated carbocycles. The van der Waals surface area contributed by atoms with Crippen molar-refractivity contribution in [2.45, 2.75) is 51.5 Å². The number of allylic oxidation sites excluding steroid dienone is 2. The van der Waals surface area contributed by atoms with Crippen LogP contribution in [0.4, 0.5) is 4.79 Å². The Labute approximate surface area is 257 Å². The number of nitrogens with zero attached hydrogens (tertiary/aromatic N) is 1. The van der Waals surface area contributed by atoms with Crippen LogP contribution in [0.2, 0.25) is 6.32 Å². The first-order valence-corrected chi connectivity index (χ1v) is 15.3. The molecule has 3 aliphatic rings. The van der Waals surface area contributed by atoms with Gasteiger partial charge in [0.05, 0.1) is 25.0 Å². The van der Waals surface area contributed by atoms with Gasteiger partial charge in [-0.15, -0.1) is 0 Å². The molecule has 4 atom stereocenters. The number of aromatic hydroxyl groups is 1. The van der Waals surface area contributed by atoms with Crippen LogP contribution in [0.25, 0.3) is 22.4 Å². The maximum absolute atomic E-state index is 13.5. The van der Waals surface area contributed by atoms with Crippen molar-refractivity contribution in [3.05, 3.63) is 89.0 Å². The summed E-state index contributed by atoms with van der Waals surface area (Å²) in [7, 11) is 0.0556. The molecular formula is C35H36BNO7. The second kappa shape index (κ2) is 12.4. The van der Waals surface area contributed by atoms with Crippen molar-refractivity contribution >= 4 is 47.4 Å². The molecule has 2 aliphatic heterocycles. The lowest BCUT2D eigenvalue weighted by Crippen LogP contribution is -2.46. The van der Waals surface area contributed by atoms with Gasteiger partial charge < -0.3 is 19.5 Å². The smallest absolute Gasteiger partial charge is 0.455 e. The van der Waals surface area contributed by atoms with Crippen molar-refractivity contribution in [1.82, 2.24) is 4.90 Å². The quantitative estimate of drug-likeness (QED) is 0.145.